The molecule has 0 bridgehead atoms. The normalized spacial score (nSPS) is 22.2. The van der Waals surface area contributed by atoms with Crippen molar-refractivity contribution in [3.05, 3.63) is 11.4 Å². The number of anilines is 2. The fourth-order valence-corrected chi connectivity index (χ4v) is 2.25. The zero-order valence-electron chi connectivity index (χ0n) is 12.4. The lowest BCUT2D eigenvalue weighted by Crippen LogP contribution is -2.40. The SMILES string of the molecule is CNc1nc(C(C)C)nc(NC2CC(OC)C2)c1C. The van der Waals surface area contributed by atoms with Gasteiger partial charge in [0.2, 0.25) is 0 Å². The van der Waals surface area contributed by atoms with Crippen molar-refractivity contribution in [2.24, 2.45) is 0 Å². The molecular formula is C14H24N4O. The second kappa shape index (κ2) is 5.74. The molecule has 0 aromatic carbocycles. The molecule has 1 saturated carbocycles. The molecule has 1 aromatic rings. The second-order valence-electron chi connectivity index (χ2n) is 5.48. The summed E-state index contributed by atoms with van der Waals surface area (Å²) in [6.07, 6.45) is 2.49. The molecule has 1 aliphatic carbocycles. The Balaban J connectivity index is 2.16. The number of nitrogens with zero attached hydrogens (tertiary/aromatic N) is 2. The van der Waals surface area contributed by atoms with E-state index in [0.717, 1.165) is 35.9 Å². The summed E-state index contributed by atoms with van der Waals surface area (Å²) in [5, 5.41) is 6.65. The van der Waals surface area contributed by atoms with E-state index in [1.165, 1.54) is 0 Å². The fraction of sp³-hybridized carbons (Fsp3) is 0.714. The second-order valence-corrected chi connectivity index (χ2v) is 5.48. The van der Waals surface area contributed by atoms with Gasteiger partial charge in [-0.15, -0.1) is 0 Å². The van der Waals surface area contributed by atoms with Crippen LogP contribution in [-0.4, -0.2) is 36.3 Å². The summed E-state index contributed by atoms with van der Waals surface area (Å²) in [5.74, 6) is 3.05. The van der Waals surface area contributed by atoms with Crippen LogP contribution in [0.3, 0.4) is 0 Å². The summed E-state index contributed by atoms with van der Waals surface area (Å²) in [4.78, 5) is 9.20. The Morgan fingerprint density at radius 3 is 2.37 bits per heavy atom. The topological polar surface area (TPSA) is 59.1 Å². The highest BCUT2D eigenvalue weighted by atomic mass is 16.5. The summed E-state index contributed by atoms with van der Waals surface area (Å²) in [6.45, 7) is 6.26. The third-order valence-electron chi connectivity index (χ3n) is 3.69. The van der Waals surface area contributed by atoms with E-state index < -0.39 is 0 Å². The maximum Gasteiger partial charge on any atom is 0.135 e. The van der Waals surface area contributed by atoms with Crippen LogP contribution in [0.25, 0.3) is 0 Å². The van der Waals surface area contributed by atoms with Gasteiger partial charge in [-0.05, 0) is 19.8 Å². The van der Waals surface area contributed by atoms with Crippen molar-refractivity contribution in [2.75, 3.05) is 24.8 Å². The Morgan fingerprint density at radius 1 is 1.21 bits per heavy atom. The van der Waals surface area contributed by atoms with Gasteiger partial charge in [-0.2, -0.15) is 0 Å². The van der Waals surface area contributed by atoms with Crippen LogP contribution >= 0.6 is 0 Å². The summed E-state index contributed by atoms with van der Waals surface area (Å²) in [6, 6.07) is 0.461. The Bertz CT molecular complexity index is 441. The summed E-state index contributed by atoms with van der Waals surface area (Å²) in [7, 11) is 3.67. The lowest BCUT2D eigenvalue weighted by Gasteiger charge is -2.35. The van der Waals surface area contributed by atoms with Crippen LogP contribution in [0.2, 0.25) is 0 Å². The molecule has 0 unspecified atom stereocenters. The van der Waals surface area contributed by atoms with Gasteiger partial charge >= 0.3 is 0 Å². The number of aromatic nitrogens is 2. The smallest absolute Gasteiger partial charge is 0.135 e. The van der Waals surface area contributed by atoms with Crippen LogP contribution in [0.1, 0.15) is 44.0 Å². The molecule has 2 N–H and O–H groups in total. The zero-order valence-corrected chi connectivity index (χ0v) is 12.4. The molecule has 0 spiro atoms. The molecule has 106 valence electrons. The Labute approximate surface area is 115 Å². The Hall–Kier alpha value is -1.36. The lowest BCUT2D eigenvalue weighted by molar-refractivity contribution is 0.0327. The number of hydrogen-bond acceptors (Lipinski definition) is 5. The van der Waals surface area contributed by atoms with Crippen LogP contribution in [0.15, 0.2) is 0 Å². The minimum atomic E-state index is 0.321. The van der Waals surface area contributed by atoms with E-state index in [9.17, 15) is 0 Å². The lowest BCUT2D eigenvalue weighted by atomic mass is 9.89. The van der Waals surface area contributed by atoms with Crippen molar-refractivity contribution >= 4 is 11.6 Å². The third-order valence-corrected chi connectivity index (χ3v) is 3.69. The van der Waals surface area contributed by atoms with Gasteiger partial charge in [0.15, 0.2) is 0 Å². The predicted octanol–water partition coefficient (Wildman–Crippen LogP) is 2.54. The molecule has 5 heteroatoms. The van der Waals surface area contributed by atoms with Gasteiger partial charge in [0, 0.05) is 31.7 Å². The van der Waals surface area contributed by atoms with Gasteiger partial charge in [0.05, 0.1) is 6.10 Å². The molecule has 2 rings (SSSR count). The van der Waals surface area contributed by atoms with Gasteiger partial charge in [-0.1, -0.05) is 13.8 Å². The zero-order chi connectivity index (χ0) is 14.0. The monoisotopic (exact) mass is 264 g/mol. The van der Waals surface area contributed by atoms with E-state index in [0.29, 0.717) is 18.1 Å². The van der Waals surface area contributed by atoms with Crippen LogP contribution < -0.4 is 10.6 Å². The van der Waals surface area contributed by atoms with Gasteiger partial charge in [-0.25, -0.2) is 9.97 Å². The largest absolute Gasteiger partial charge is 0.381 e. The van der Waals surface area contributed by atoms with E-state index in [-0.39, 0.29) is 0 Å². The highest BCUT2D eigenvalue weighted by Crippen LogP contribution is 2.29. The molecule has 1 aliphatic rings. The van der Waals surface area contributed by atoms with Gasteiger partial charge in [0.1, 0.15) is 17.5 Å². The first kappa shape index (κ1) is 14.1. The average molecular weight is 264 g/mol. The fourth-order valence-electron chi connectivity index (χ4n) is 2.25. The quantitative estimate of drug-likeness (QED) is 0.856. The van der Waals surface area contributed by atoms with Crippen LogP contribution in [0, 0.1) is 6.92 Å². The number of ether oxygens (including phenoxy) is 1. The molecule has 0 aliphatic heterocycles. The molecule has 0 amide bonds. The number of methoxy groups -OCH3 is 1. The van der Waals surface area contributed by atoms with Crippen molar-refractivity contribution in [1.29, 1.82) is 0 Å². The highest BCUT2D eigenvalue weighted by Gasteiger charge is 2.29. The number of nitrogens with one attached hydrogen (secondary N) is 2. The molecule has 0 radical (unpaired) electrons. The molecule has 19 heavy (non-hydrogen) atoms. The van der Waals surface area contributed by atoms with E-state index in [2.05, 4.69) is 34.4 Å². The summed E-state index contributed by atoms with van der Waals surface area (Å²) < 4.78 is 5.31. The van der Waals surface area contributed by atoms with Crippen LogP contribution in [0.5, 0.6) is 0 Å². The van der Waals surface area contributed by atoms with Gasteiger partial charge in [-0.3, -0.25) is 0 Å². The molecule has 1 heterocycles. The van der Waals surface area contributed by atoms with Gasteiger partial charge in [0.25, 0.3) is 0 Å². The minimum absolute atomic E-state index is 0.321. The van der Waals surface area contributed by atoms with Crippen LogP contribution in [-0.2, 0) is 4.74 Å². The van der Waals surface area contributed by atoms with E-state index >= 15 is 0 Å². The van der Waals surface area contributed by atoms with Crippen LogP contribution in [0.4, 0.5) is 11.6 Å². The van der Waals surface area contributed by atoms with Crippen molar-refractivity contribution in [2.45, 2.75) is 51.7 Å². The Kier molecular flexibility index (Phi) is 4.24. The van der Waals surface area contributed by atoms with E-state index in [1.54, 1.807) is 7.11 Å². The molecule has 0 saturated heterocycles. The van der Waals surface area contributed by atoms with Gasteiger partial charge < -0.3 is 15.4 Å². The Morgan fingerprint density at radius 2 is 1.84 bits per heavy atom. The molecular weight excluding hydrogens is 240 g/mol. The summed E-state index contributed by atoms with van der Waals surface area (Å²) >= 11 is 0. The number of rotatable bonds is 5. The van der Waals surface area contributed by atoms with E-state index in [1.807, 2.05) is 14.0 Å². The first-order chi connectivity index (χ1) is 9.05. The first-order valence-electron chi connectivity index (χ1n) is 6.90. The molecule has 0 atom stereocenters. The highest BCUT2D eigenvalue weighted by molar-refractivity contribution is 5.57. The predicted molar refractivity (Wildman–Crippen MR) is 77.8 cm³/mol. The summed E-state index contributed by atoms with van der Waals surface area (Å²) in [5.41, 5.74) is 1.08. The standard InChI is InChI=1S/C14H24N4O/c1-8(2)12-17-13(15-4)9(3)14(18-12)16-10-6-11(7-10)19-5/h8,10-11H,6-7H2,1-5H3,(H2,15,16,17,18). The van der Waals surface area contributed by atoms with Crippen molar-refractivity contribution in [3.8, 4) is 0 Å². The maximum absolute atomic E-state index is 5.31. The molecule has 1 fully saturated rings. The average Bonchev–Trinajstić information content (AvgIpc) is 2.34. The first-order valence-corrected chi connectivity index (χ1v) is 6.90. The third kappa shape index (κ3) is 2.97. The number of hydrogen-bond donors (Lipinski definition) is 2. The van der Waals surface area contributed by atoms with Crippen molar-refractivity contribution in [1.82, 2.24) is 9.97 Å². The van der Waals surface area contributed by atoms with Crippen molar-refractivity contribution in [3.63, 3.8) is 0 Å². The maximum atomic E-state index is 5.31. The minimum Gasteiger partial charge on any atom is -0.381 e. The molecule has 5 nitrogen and oxygen atoms in total. The van der Waals surface area contributed by atoms with Crippen molar-refractivity contribution < 1.29 is 4.74 Å². The molecule has 1 aromatic heterocycles. The van der Waals surface area contributed by atoms with E-state index in [4.69, 9.17) is 4.74 Å².